The number of carbonyl (C=O) groups is 1. The molecular formula is C24H22N2O5S. The first-order valence-corrected chi connectivity index (χ1v) is 11.0. The number of benzene rings is 2. The van der Waals surface area contributed by atoms with Gasteiger partial charge in [-0.3, -0.25) is 14.9 Å². The van der Waals surface area contributed by atoms with Gasteiger partial charge in [-0.25, -0.2) is 0 Å². The van der Waals surface area contributed by atoms with Crippen LogP contribution in [0.25, 0.3) is 6.08 Å². The minimum atomic E-state index is -0.461. The van der Waals surface area contributed by atoms with Crippen molar-refractivity contribution >= 4 is 29.0 Å². The number of rotatable bonds is 8. The second-order valence-corrected chi connectivity index (χ2v) is 8.33. The minimum absolute atomic E-state index is 0.0653. The molecule has 0 saturated heterocycles. The lowest BCUT2D eigenvalue weighted by molar-refractivity contribution is -0.385. The van der Waals surface area contributed by atoms with E-state index in [0.717, 1.165) is 16.9 Å². The lowest BCUT2D eigenvalue weighted by Crippen LogP contribution is -2.30. The predicted octanol–water partition coefficient (Wildman–Crippen LogP) is 4.81. The number of fused-ring (bicyclic) bond motifs is 1. The Kier molecular flexibility index (Phi) is 6.94. The highest BCUT2D eigenvalue weighted by Crippen LogP contribution is 2.33. The average Bonchev–Trinajstić information content (AvgIpc) is 3.33. The highest BCUT2D eigenvalue weighted by molar-refractivity contribution is 7.09. The minimum Gasteiger partial charge on any atom is -0.467 e. The summed E-state index contributed by atoms with van der Waals surface area (Å²) < 4.78 is 10.8. The molecule has 0 unspecified atom stereocenters. The lowest BCUT2D eigenvalue weighted by Gasteiger charge is -2.21. The quantitative estimate of drug-likeness (QED) is 0.280. The molecule has 0 N–H and O–H groups in total. The van der Waals surface area contributed by atoms with E-state index >= 15 is 0 Å². The highest BCUT2D eigenvalue weighted by Gasteiger charge is 2.20. The van der Waals surface area contributed by atoms with Crippen LogP contribution in [-0.2, 0) is 29.1 Å². The molecule has 1 aliphatic heterocycles. The third-order valence-corrected chi connectivity index (χ3v) is 5.95. The van der Waals surface area contributed by atoms with Gasteiger partial charge in [0.1, 0.15) is 5.75 Å². The number of hydrogen-bond donors (Lipinski definition) is 0. The summed E-state index contributed by atoms with van der Waals surface area (Å²) in [5, 5.41) is 13.3. The Labute approximate surface area is 189 Å². The number of nitro groups is 1. The van der Waals surface area contributed by atoms with Gasteiger partial charge in [-0.1, -0.05) is 36.4 Å². The van der Waals surface area contributed by atoms with Crippen molar-refractivity contribution in [2.24, 2.45) is 0 Å². The monoisotopic (exact) mass is 450 g/mol. The molecule has 2 aromatic carbocycles. The molecule has 164 valence electrons. The topological polar surface area (TPSA) is 81.9 Å². The predicted molar refractivity (Wildman–Crippen MR) is 122 cm³/mol. The summed E-state index contributed by atoms with van der Waals surface area (Å²) in [6.07, 6.45) is 3.78. The van der Waals surface area contributed by atoms with E-state index in [1.807, 2.05) is 47.8 Å². The molecular weight excluding hydrogens is 428 g/mol. The summed E-state index contributed by atoms with van der Waals surface area (Å²) in [4.78, 5) is 26.8. The third kappa shape index (κ3) is 5.40. The number of non-ortho nitro benzene ring substituents is 1. The van der Waals surface area contributed by atoms with E-state index in [-0.39, 0.29) is 25.0 Å². The molecule has 2 heterocycles. The van der Waals surface area contributed by atoms with E-state index in [1.54, 1.807) is 22.3 Å². The second-order valence-electron chi connectivity index (χ2n) is 7.30. The van der Waals surface area contributed by atoms with Gasteiger partial charge in [-0.15, -0.1) is 11.3 Å². The van der Waals surface area contributed by atoms with E-state index in [2.05, 4.69) is 0 Å². The van der Waals surface area contributed by atoms with Crippen molar-refractivity contribution < 1.29 is 19.2 Å². The van der Waals surface area contributed by atoms with E-state index in [9.17, 15) is 14.9 Å². The molecule has 4 rings (SSSR count). The Morgan fingerprint density at radius 2 is 2.03 bits per heavy atom. The molecule has 0 spiro atoms. The largest absolute Gasteiger partial charge is 0.467 e. The zero-order valence-corrected chi connectivity index (χ0v) is 18.1. The summed E-state index contributed by atoms with van der Waals surface area (Å²) >= 11 is 1.60. The van der Waals surface area contributed by atoms with Crippen LogP contribution in [0.3, 0.4) is 0 Å². The molecule has 1 aromatic heterocycles. The fourth-order valence-corrected chi connectivity index (χ4v) is 4.21. The van der Waals surface area contributed by atoms with Crippen LogP contribution < -0.4 is 4.74 Å². The lowest BCUT2D eigenvalue weighted by atomic mass is 10.1. The summed E-state index contributed by atoms with van der Waals surface area (Å²) in [5.74, 6) is 0.349. The molecule has 0 atom stereocenters. The Balaban J connectivity index is 1.55. The van der Waals surface area contributed by atoms with Gasteiger partial charge in [-0.05, 0) is 29.5 Å². The summed E-state index contributed by atoms with van der Waals surface area (Å²) in [7, 11) is 0. The van der Waals surface area contributed by atoms with Crippen molar-refractivity contribution in [2.45, 2.75) is 19.6 Å². The molecule has 0 bridgehead atoms. The van der Waals surface area contributed by atoms with Crippen molar-refractivity contribution in [3.63, 3.8) is 0 Å². The molecule has 0 fully saturated rings. The zero-order chi connectivity index (χ0) is 22.3. The Morgan fingerprint density at radius 3 is 2.78 bits per heavy atom. The maximum Gasteiger partial charge on any atom is 0.270 e. The van der Waals surface area contributed by atoms with Gasteiger partial charge in [0, 0.05) is 40.8 Å². The van der Waals surface area contributed by atoms with Crippen molar-refractivity contribution in [3.8, 4) is 5.75 Å². The molecule has 1 amide bonds. The molecule has 0 aliphatic carbocycles. The van der Waals surface area contributed by atoms with Gasteiger partial charge in [0.05, 0.1) is 18.1 Å². The van der Waals surface area contributed by atoms with Crippen LogP contribution in [0, 0.1) is 10.1 Å². The Hall–Kier alpha value is -3.49. The summed E-state index contributed by atoms with van der Waals surface area (Å²) in [5.41, 5.74) is 2.17. The van der Waals surface area contributed by atoms with Crippen LogP contribution in [0.4, 0.5) is 5.69 Å². The number of hydrogen-bond acceptors (Lipinski definition) is 6. The number of thiophene rings is 1. The van der Waals surface area contributed by atoms with Gasteiger partial charge in [0.2, 0.25) is 5.91 Å². The average molecular weight is 451 g/mol. The van der Waals surface area contributed by atoms with Gasteiger partial charge in [-0.2, -0.15) is 0 Å². The SMILES string of the molecule is O=C(/C=C/c1cc([N+](=O)[O-])cc2c1OCOC2)N(CCc1ccccc1)Cc1cccs1. The van der Waals surface area contributed by atoms with Crippen molar-refractivity contribution in [1.82, 2.24) is 4.90 Å². The fraction of sp³-hybridized carbons (Fsp3) is 0.208. The smallest absolute Gasteiger partial charge is 0.270 e. The van der Waals surface area contributed by atoms with Crippen LogP contribution in [0.2, 0.25) is 0 Å². The molecule has 1 aliphatic rings. The second kappa shape index (κ2) is 10.2. The molecule has 8 heteroatoms. The van der Waals surface area contributed by atoms with Crippen LogP contribution >= 0.6 is 11.3 Å². The molecule has 3 aromatic rings. The van der Waals surface area contributed by atoms with Crippen LogP contribution in [0.1, 0.15) is 21.6 Å². The van der Waals surface area contributed by atoms with Gasteiger partial charge >= 0.3 is 0 Å². The molecule has 0 saturated carbocycles. The normalized spacial score (nSPS) is 12.9. The Bertz CT molecular complexity index is 1110. The maximum atomic E-state index is 13.1. The van der Waals surface area contributed by atoms with Gasteiger partial charge < -0.3 is 14.4 Å². The first-order valence-electron chi connectivity index (χ1n) is 10.2. The summed E-state index contributed by atoms with van der Waals surface area (Å²) in [6, 6.07) is 16.8. The number of carbonyl (C=O) groups excluding carboxylic acids is 1. The van der Waals surface area contributed by atoms with Crippen LogP contribution in [0.15, 0.2) is 66.1 Å². The van der Waals surface area contributed by atoms with Gasteiger partial charge in [0.25, 0.3) is 5.69 Å². The van der Waals surface area contributed by atoms with Crippen LogP contribution in [0.5, 0.6) is 5.75 Å². The number of nitrogens with zero attached hydrogens (tertiary/aromatic N) is 2. The van der Waals surface area contributed by atoms with Crippen LogP contribution in [-0.4, -0.2) is 29.1 Å². The standard InChI is InChI=1S/C24H22N2O5S/c27-23(9-8-19-13-21(26(28)29)14-20-16-30-17-31-24(19)20)25(15-22-7-4-12-32-22)11-10-18-5-2-1-3-6-18/h1-9,12-14H,10-11,15-17H2/b9-8+. The first kappa shape index (κ1) is 21.7. The summed E-state index contributed by atoms with van der Waals surface area (Å²) in [6.45, 7) is 1.36. The molecule has 32 heavy (non-hydrogen) atoms. The number of amides is 1. The van der Waals surface area contributed by atoms with E-state index in [4.69, 9.17) is 9.47 Å². The number of nitro benzene ring substituents is 1. The number of ether oxygens (including phenoxy) is 2. The van der Waals surface area contributed by atoms with Gasteiger partial charge in [0.15, 0.2) is 6.79 Å². The third-order valence-electron chi connectivity index (χ3n) is 5.09. The van der Waals surface area contributed by atoms with E-state index < -0.39 is 4.92 Å². The fourth-order valence-electron chi connectivity index (χ4n) is 3.49. The Morgan fingerprint density at radius 1 is 1.19 bits per heavy atom. The van der Waals surface area contributed by atoms with Crippen molar-refractivity contribution in [1.29, 1.82) is 0 Å². The maximum absolute atomic E-state index is 13.1. The van der Waals surface area contributed by atoms with E-state index in [1.165, 1.54) is 18.2 Å². The molecule has 0 radical (unpaired) electrons. The van der Waals surface area contributed by atoms with Crippen molar-refractivity contribution in [2.75, 3.05) is 13.3 Å². The van der Waals surface area contributed by atoms with Crippen molar-refractivity contribution in [3.05, 3.63) is 97.7 Å². The molecule has 7 nitrogen and oxygen atoms in total. The zero-order valence-electron chi connectivity index (χ0n) is 17.3. The highest BCUT2D eigenvalue weighted by atomic mass is 32.1. The first-order chi connectivity index (χ1) is 15.6. The van der Waals surface area contributed by atoms with E-state index in [0.29, 0.717) is 30.0 Å².